The lowest BCUT2D eigenvalue weighted by molar-refractivity contribution is 0.306. The Labute approximate surface area is 116 Å². The molecule has 0 saturated heterocycles. The molecule has 2 N–H and O–H groups in total. The van der Waals surface area contributed by atoms with Gasteiger partial charge in [-0.3, -0.25) is 0 Å². The molecular weight excluding hydrogens is 240 g/mol. The molecule has 1 fully saturated rings. The number of hydrogen-bond acceptors (Lipinski definition) is 4. The highest BCUT2D eigenvalue weighted by molar-refractivity contribution is 6.42. The first kappa shape index (κ1) is 16.0. The molecule has 1 rings (SSSR count). The van der Waals surface area contributed by atoms with Crippen molar-refractivity contribution in [2.75, 3.05) is 0 Å². The molecule has 1 aliphatic carbocycles. The molecule has 0 heterocycles. The lowest BCUT2D eigenvalue weighted by Gasteiger charge is -2.22. The van der Waals surface area contributed by atoms with E-state index in [1.807, 2.05) is 0 Å². The highest BCUT2D eigenvalue weighted by Gasteiger charge is 2.23. The molecule has 0 aromatic heterocycles. The van der Waals surface area contributed by atoms with E-state index in [4.69, 9.17) is 10.4 Å². The molecule has 0 bridgehead atoms. The Hall–Kier alpha value is -1.06. The summed E-state index contributed by atoms with van der Waals surface area (Å²) in [6, 6.07) is 0. The smallest absolute Gasteiger partial charge is 0.105 e. The maximum absolute atomic E-state index is 8.90. The largest absolute Gasteiger partial charge is 0.411 e. The van der Waals surface area contributed by atoms with E-state index in [0.29, 0.717) is 17.3 Å². The molecular formula is C15H28N2O2. The van der Waals surface area contributed by atoms with Gasteiger partial charge < -0.3 is 10.4 Å². The van der Waals surface area contributed by atoms with Crippen LogP contribution in [-0.2, 0) is 0 Å². The highest BCUT2D eigenvalue weighted by atomic mass is 16.4. The standard InChI is InChI=1S/C15H28N2O2/c1-2-3-4-5-6-7-8-9-13-10-11-14(16-18)15(12-13)17-19/h13,18-19H,2-12H2,1H3. The highest BCUT2D eigenvalue weighted by Crippen LogP contribution is 2.26. The van der Waals surface area contributed by atoms with Crippen LogP contribution in [0.1, 0.15) is 77.6 Å². The zero-order chi connectivity index (χ0) is 13.9. The quantitative estimate of drug-likeness (QED) is 0.384. The first-order chi connectivity index (χ1) is 9.31. The van der Waals surface area contributed by atoms with E-state index in [1.165, 1.54) is 51.4 Å². The van der Waals surface area contributed by atoms with Crippen molar-refractivity contribution in [2.45, 2.75) is 77.6 Å². The van der Waals surface area contributed by atoms with Crippen molar-refractivity contribution in [3.05, 3.63) is 0 Å². The van der Waals surface area contributed by atoms with Crippen LogP contribution in [0.5, 0.6) is 0 Å². The van der Waals surface area contributed by atoms with E-state index in [2.05, 4.69) is 17.2 Å². The molecule has 4 heteroatoms. The van der Waals surface area contributed by atoms with E-state index in [-0.39, 0.29) is 0 Å². The third-order valence-electron chi connectivity index (χ3n) is 4.06. The van der Waals surface area contributed by atoms with Gasteiger partial charge in [0.25, 0.3) is 0 Å². The third-order valence-corrected chi connectivity index (χ3v) is 4.06. The summed E-state index contributed by atoms with van der Waals surface area (Å²) in [5.74, 6) is 0.590. The van der Waals surface area contributed by atoms with Gasteiger partial charge in [0, 0.05) is 0 Å². The van der Waals surface area contributed by atoms with Gasteiger partial charge in [0.05, 0.1) is 0 Å². The van der Waals surface area contributed by atoms with Gasteiger partial charge in [0.1, 0.15) is 11.4 Å². The Morgan fingerprint density at radius 2 is 1.58 bits per heavy atom. The molecule has 1 atom stereocenters. The Morgan fingerprint density at radius 1 is 0.947 bits per heavy atom. The van der Waals surface area contributed by atoms with Gasteiger partial charge in [-0.05, 0) is 25.2 Å². The number of rotatable bonds is 8. The maximum atomic E-state index is 8.90. The summed E-state index contributed by atoms with van der Waals surface area (Å²) in [5.41, 5.74) is 1.13. The molecule has 1 saturated carbocycles. The van der Waals surface area contributed by atoms with Crippen LogP contribution in [0.15, 0.2) is 10.3 Å². The summed E-state index contributed by atoms with van der Waals surface area (Å²) in [6.07, 6.45) is 13.1. The number of unbranched alkanes of at least 4 members (excludes halogenated alkanes) is 6. The molecule has 0 aromatic carbocycles. The third kappa shape index (κ3) is 6.08. The van der Waals surface area contributed by atoms with E-state index in [1.54, 1.807) is 0 Å². The molecule has 0 aliphatic heterocycles. The van der Waals surface area contributed by atoms with E-state index >= 15 is 0 Å². The van der Waals surface area contributed by atoms with Crippen LogP contribution in [0.4, 0.5) is 0 Å². The molecule has 0 amide bonds. The predicted molar refractivity (Wildman–Crippen MR) is 78.4 cm³/mol. The monoisotopic (exact) mass is 268 g/mol. The maximum Gasteiger partial charge on any atom is 0.105 e. The molecule has 1 aliphatic rings. The van der Waals surface area contributed by atoms with Crippen molar-refractivity contribution in [1.82, 2.24) is 0 Å². The van der Waals surface area contributed by atoms with E-state index in [9.17, 15) is 0 Å². The predicted octanol–water partition coefficient (Wildman–Crippen LogP) is 4.59. The molecule has 0 aromatic rings. The van der Waals surface area contributed by atoms with Gasteiger partial charge in [-0.25, -0.2) is 0 Å². The summed E-state index contributed by atoms with van der Waals surface area (Å²) >= 11 is 0. The number of nitrogens with zero attached hydrogens (tertiary/aromatic N) is 2. The molecule has 110 valence electrons. The fourth-order valence-electron chi connectivity index (χ4n) is 2.82. The second-order valence-electron chi connectivity index (χ2n) is 5.61. The van der Waals surface area contributed by atoms with Crippen molar-refractivity contribution in [3.63, 3.8) is 0 Å². The van der Waals surface area contributed by atoms with Crippen LogP contribution < -0.4 is 0 Å². The zero-order valence-corrected chi connectivity index (χ0v) is 12.1. The lowest BCUT2D eigenvalue weighted by atomic mass is 9.83. The van der Waals surface area contributed by atoms with Crippen molar-refractivity contribution >= 4 is 11.4 Å². The van der Waals surface area contributed by atoms with Crippen molar-refractivity contribution in [3.8, 4) is 0 Å². The van der Waals surface area contributed by atoms with Gasteiger partial charge in [0.15, 0.2) is 0 Å². The van der Waals surface area contributed by atoms with Crippen LogP contribution >= 0.6 is 0 Å². The minimum atomic E-state index is 0.554. The molecule has 0 radical (unpaired) electrons. The van der Waals surface area contributed by atoms with Crippen molar-refractivity contribution in [2.24, 2.45) is 16.2 Å². The normalized spacial score (nSPS) is 24.2. The second kappa shape index (κ2) is 9.82. The van der Waals surface area contributed by atoms with Crippen LogP contribution in [0.2, 0.25) is 0 Å². The van der Waals surface area contributed by atoms with Gasteiger partial charge in [0.2, 0.25) is 0 Å². The van der Waals surface area contributed by atoms with Gasteiger partial charge in [-0.2, -0.15) is 0 Å². The Balaban J connectivity index is 2.11. The topological polar surface area (TPSA) is 65.2 Å². The average molecular weight is 268 g/mol. The second-order valence-corrected chi connectivity index (χ2v) is 5.61. The van der Waals surface area contributed by atoms with Gasteiger partial charge >= 0.3 is 0 Å². The van der Waals surface area contributed by atoms with Crippen molar-refractivity contribution in [1.29, 1.82) is 0 Å². The zero-order valence-electron chi connectivity index (χ0n) is 12.1. The Morgan fingerprint density at radius 3 is 2.21 bits per heavy atom. The Bertz CT molecular complexity index is 301. The van der Waals surface area contributed by atoms with Crippen LogP contribution in [-0.4, -0.2) is 21.8 Å². The first-order valence-corrected chi connectivity index (χ1v) is 7.74. The summed E-state index contributed by atoms with van der Waals surface area (Å²) in [7, 11) is 0. The molecule has 4 nitrogen and oxygen atoms in total. The average Bonchev–Trinajstić information content (AvgIpc) is 2.46. The molecule has 1 unspecified atom stereocenters. The minimum absolute atomic E-state index is 0.554. The lowest BCUT2D eigenvalue weighted by Crippen LogP contribution is -2.25. The summed E-state index contributed by atoms with van der Waals surface area (Å²) < 4.78 is 0. The number of hydrogen-bond donors (Lipinski definition) is 2. The first-order valence-electron chi connectivity index (χ1n) is 7.74. The summed E-state index contributed by atoms with van der Waals surface area (Å²) in [5, 5.41) is 24.1. The Kier molecular flexibility index (Phi) is 8.26. The molecule has 0 spiro atoms. The van der Waals surface area contributed by atoms with Gasteiger partial charge in [-0.1, -0.05) is 68.6 Å². The molecule has 19 heavy (non-hydrogen) atoms. The number of oxime groups is 2. The fraction of sp³-hybridized carbons (Fsp3) is 0.867. The SMILES string of the molecule is CCCCCCCCCC1CCC(=NO)C(=NO)C1. The van der Waals surface area contributed by atoms with E-state index in [0.717, 1.165) is 19.3 Å². The van der Waals surface area contributed by atoms with Crippen LogP contribution in [0, 0.1) is 5.92 Å². The fourth-order valence-corrected chi connectivity index (χ4v) is 2.82. The minimum Gasteiger partial charge on any atom is -0.411 e. The van der Waals surface area contributed by atoms with Crippen LogP contribution in [0.25, 0.3) is 0 Å². The van der Waals surface area contributed by atoms with E-state index < -0.39 is 0 Å². The summed E-state index contributed by atoms with van der Waals surface area (Å²) in [4.78, 5) is 0. The van der Waals surface area contributed by atoms with Crippen molar-refractivity contribution < 1.29 is 10.4 Å². The van der Waals surface area contributed by atoms with Crippen LogP contribution in [0.3, 0.4) is 0 Å². The summed E-state index contributed by atoms with van der Waals surface area (Å²) in [6.45, 7) is 2.24. The van der Waals surface area contributed by atoms with Gasteiger partial charge in [-0.15, -0.1) is 0 Å².